The van der Waals surface area contributed by atoms with Crippen LogP contribution >= 0.6 is 0 Å². The average molecular weight is 587 g/mol. The number of nitrogens with zero attached hydrogens (tertiary/aromatic N) is 2. The molecule has 4 rings (SSSR count). The van der Waals surface area contributed by atoms with Crippen molar-refractivity contribution >= 4 is 50.2 Å². The molecule has 0 bridgehead atoms. The summed E-state index contributed by atoms with van der Waals surface area (Å²) in [5.74, 6) is 0. The summed E-state index contributed by atoms with van der Waals surface area (Å²) in [6, 6.07) is 18.7. The Balaban J connectivity index is 1.47. The number of hydrogen-bond donors (Lipinski definition) is 0. The van der Waals surface area contributed by atoms with Crippen molar-refractivity contribution in [2.24, 2.45) is 0 Å². The second-order valence-electron chi connectivity index (χ2n) is 9.27. The van der Waals surface area contributed by atoms with Crippen LogP contribution in [0.25, 0.3) is 0 Å². The molecule has 0 radical (unpaired) electrons. The topological polar surface area (TPSA) is 6.48 Å². The van der Waals surface area contributed by atoms with E-state index in [1.807, 2.05) is 0 Å². The number of para-hydroxylation sites is 2. The van der Waals surface area contributed by atoms with Crippen LogP contribution in [0.3, 0.4) is 0 Å². The van der Waals surface area contributed by atoms with E-state index in [1.54, 1.807) is 4.46 Å². The van der Waals surface area contributed by atoms with Gasteiger partial charge in [-0.25, -0.2) is 0 Å². The van der Waals surface area contributed by atoms with E-state index in [0.717, 1.165) is 6.54 Å². The Labute approximate surface area is 220 Å². The van der Waals surface area contributed by atoms with Gasteiger partial charge in [0.15, 0.2) is 0 Å². The van der Waals surface area contributed by atoms with Crippen LogP contribution in [-0.2, 0) is 0 Å². The van der Waals surface area contributed by atoms with Gasteiger partial charge in [-0.3, -0.25) is 0 Å². The van der Waals surface area contributed by atoms with Gasteiger partial charge >= 0.3 is 221 Å². The quantitative estimate of drug-likeness (QED) is 0.222. The number of anilines is 2. The standard InChI is InChI=1S/C30H40N2Se2/c1-3-5-7-13-22-31-25(24-33-28-19-11-9-17-26(28)31)16-15-21-30-32(23-14-8-6-4-2)27-18-10-12-20-29(27)34-30/h9-12,15-21,25H,3-8,13-14,22-24H2,1-2H3. The van der Waals surface area contributed by atoms with Gasteiger partial charge in [-0.2, -0.15) is 0 Å². The first-order chi connectivity index (χ1) is 16.8. The van der Waals surface area contributed by atoms with E-state index in [4.69, 9.17) is 0 Å². The van der Waals surface area contributed by atoms with Gasteiger partial charge in [-0.1, -0.05) is 0 Å². The van der Waals surface area contributed by atoms with Crippen molar-refractivity contribution in [1.82, 2.24) is 0 Å². The number of hydrogen-bond acceptors (Lipinski definition) is 2. The molecule has 2 aliphatic heterocycles. The van der Waals surface area contributed by atoms with Gasteiger partial charge in [0, 0.05) is 0 Å². The molecule has 2 nitrogen and oxygen atoms in total. The van der Waals surface area contributed by atoms with Crippen molar-refractivity contribution in [3.63, 3.8) is 0 Å². The summed E-state index contributed by atoms with van der Waals surface area (Å²) in [7, 11) is 0. The van der Waals surface area contributed by atoms with Crippen LogP contribution in [0, 0.1) is 0 Å². The van der Waals surface area contributed by atoms with Crippen LogP contribution in [0.15, 0.2) is 71.4 Å². The van der Waals surface area contributed by atoms with Crippen LogP contribution in [0.4, 0.5) is 11.4 Å². The Morgan fingerprint density at radius 1 is 0.794 bits per heavy atom. The zero-order valence-corrected chi connectivity index (χ0v) is 24.3. The molecule has 2 aromatic carbocycles. The summed E-state index contributed by atoms with van der Waals surface area (Å²) in [6.07, 6.45) is 17.9. The van der Waals surface area contributed by atoms with Gasteiger partial charge in [0.25, 0.3) is 0 Å². The fraction of sp³-hybridized carbons (Fsp3) is 0.467. The van der Waals surface area contributed by atoms with Crippen molar-refractivity contribution < 1.29 is 0 Å². The molecule has 34 heavy (non-hydrogen) atoms. The molecule has 0 aliphatic carbocycles. The molecule has 0 saturated heterocycles. The molecule has 0 N–H and O–H groups in total. The van der Waals surface area contributed by atoms with Crippen molar-refractivity contribution in [2.45, 2.75) is 76.6 Å². The van der Waals surface area contributed by atoms with Crippen LogP contribution in [0.1, 0.15) is 65.2 Å². The monoisotopic (exact) mass is 588 g/mol. The van der Waals surface area contributed by atoms with E-state index >= 15 is 0 Å². The zero-order valence-electron chi connectivity index (χ0n) is 20.9. The normalized spacial score (nSPS) is 18.6. The van der Waals surface area contributed by atoms with Crippen LogP contribution in [-0.4, -0.2) is 49.0 Å². The summed E-state index contributed by atoms with van der Waals surface area (Å²) in [5, 5.41) is 1.28. The Bertz CT molecular complexity index is 968. The summed E-state index contributed by atoms with van der Waals surface area (Å²) < 4.78 is 4.65. The molecule has 0 saturated carbocycles. The fourth-order valence-electron chi connectivity index (χ4n) is 4.79. The SMILES string of the molecule is CCCCCCN1C(=CC=CC2C[Se]c3ccccc3N2CCCCCC)[Se]c2ccccc21. The second-order valence-corrected chi connectivity index (χ2v) is 13.7. The first kappa shape index (κ1) is 25.6. The van der Waals surface area contributed by atoms with Crippen LogP contribution < -0.4 is 18.7 Å². The molecule has 182 valence electrons. The van der Waals surface area contributed by atoms with Gasteiger partial charge in [-0.15, -0.1) is 0 Å². The van der Waals surface area contributed by atoms with Crippen molar-refractivity contribution in [3.05, 3.63) is 71.4 Å². The maximum atomic E-state index is 2.70. The molecule has 2 aromatic rings. The van der Waals surface area contributed by atoms with Gasteiger partial charge in [0.2, 0.25) is 0 Å². The molecule has 1 unspecified atom stereocenters. The van der Waals surface area contributed by atoms with Crippen molar-refractivity contribution in [3.8, 4) is 0 Å². The minimum atomic E-state index is 0.411. The van der Waals surface area contributed by atoms with E-state index in [0.29, 0.717) is 36.0 Å². The Hall–Kier alpha value is -1.44. The molecular formula is C30H40N2Se2. The molecule has 4 heteroatoms. The average Bonchev–Trinajstić information content (AvgIpc) is 3.22. The van der Waals surface area contributed by atoms with Crippen LogP contribution in [0.2, 0.25) is 5.32 Å². The van der Waals surface area contributed by atoms with Gasteiger partial charge in [0.05, 0.1) is 0 Å². The predicted octanol–water partition coefficient (Wildman–Crippen LogP) is 6.03. The summed E-state index contributed by atoms with van der Waals surface area (Å²) >= 11 is 0.978. The molecule has 2 aliphatic rings. The number of fused-ring (bicyclic) bond motifs is 2. The predicted molar refractivity (Wildman–Crippen MR) is 152 cm³/mol. The molecule has 1 atom stereocenters. The number of rotatable bonds is 12. The third-order valence-corrected chi connectivity index (χ3v) is 11.5. The van der Waals surface area contributed by atoms with Crippen molar-refractivity contribution in [2.75, 3.05) is 22.9 Å². The Morgan fingerprint density at radius 3 is 2.24 bits per heavy atom. The number of benzene rings is 2. The molecule has 0 amide bonds. The van der Waals surface area contributed by atoms with E-state index in [2.05, 4.69) is 90.4 Å². The molecule has 0 aromatic heterocycles. The van der Waals surface area contributed by atoms with Crippen molar-refractivity contribution in [1.29, 1.82) is 0 Å². The van der Waals surface area contributed by atoms with E-state index in [-0.39, 0.29) is 0 Å². The van der Waals surface area contributed by atoms with Gasteiger partial charge in [-0.05, 0) is 0 Å². The van der Waals surface area contributed by atoms with E-state index in [1.165, 1.54) is 83.7 Å². The fourth-order valence-corrected chi connectivity index (χ4v) is 9.51. The number of unbranched alkanes of at least 4 members (excludes halogenated alkanes) is 6. The Morgan fingerprint density at radius 2 is 1.47 bits per heavy atom. The first-order valence-corrected chi connectivity index (χ1v) is 17.0. The maximum absolute atomic E-state index is 2.70. The Kier molecular flexibility index (Phi) is 10.3. The molecular weight excluding hydrogens is 546 g/mol. The minimum absolute atomic E-state index is 0.411. The first-order valence-electron chi connectivity index (χ1n) is 13.2. The number of allylic oxidation sites excluding steroid dienone is 2. The van der Waals surface area contributed by atoms with Crippen LogP contribution in [0.5, 0.6) is 0 Å². The van der Waals surface area contributed by atoms with Gasteiger partial charge in [0.1, 0.15) is 0 Å². The summed E-state index contributed by atoms with van der Waals surface area (Å²) in [5.41, 5.74) is 2.94. The zero-order chi connectivity index (χ0) is 23.6. The summed E-state index contributed by atoms with van der Waals surface area (Å²) in [4.78, 5) is 5.31. The molecule has 2 heterocycles. The third-order valence-electron chi connectivity index (χ3n) is 6.68. The molecule has 0 spiro atoms. The second kappa shape index (κ2) is 13.6. The van der Waals surface area contributed by atoms with E-state index < -0.39 is 0 Å². The summed E-state index contributed by atoms with van der Waals surface area (Å²) in [6.45, 7) is 6.93. The molecule has 0 fully saturated rings. The van der Waals surface area contributed by atoms with E-state index in [9.17, 15) is 0 Å². The van der Waals surface area contributed by atoms with Gasteiger partial charge < -0.3 is 0 Å². The third kappa shape index (κ3) is 6.61.